The van der Waals surface area contributed by atoms with Crippen LogP contribution in [0.15, 0.2) is 66.1 Å². The molecule has 2 rings (SSSR count). The molecule has 0 saturated heterocycles. The van der Waals surface area contributed by atoms with Gasteiger partial charge < -0.3 is 5.32 Å². The fraction of sp³-hybridized carbons (Fsp3) is 0.158. The molecule has 0 unspecified atom stereocenters. The minimum Gasteiger partial charge on any atom is -0.322 e. The molecule has 0 fully saturated rings. The van der Waals surface area contributed by atoms with Gasteiger partial charge in [-0.3, -0.25) is 9.59 Å². The summed E-state index contributed by atoms with van der Waals surface area (Å²) in [4.78, 5) is 25.2. The van der Waals surface area contributed by atoms with Crippen molar-refractivity contribution >= 4 is 23.5 Å². The monoisotopic (exact) mass is 298 g/mol. The molecule has 112 valence electrons. The second kappa shape index (κ2) is 7.36. The van der Waals surface area contributed by atoms with Gasteiger partial charge in [-0.15, -0.1) is 0 Å². The Morgan fingerprint density at radius 2 is 1.73 bits per heavy atom. The third kappa shape index (κ3) is 4.16. The average Bonchev–Trinajstić information content (AvgIpc) is 2.65. The molecule has 0 aliphatic rings. The van der Waals surface area contributed by atoms with Crippen LogP contribution in [0.4, 0.5) is 5.69 Å². The smallest absolute Gasteiger partial charge is 0.259 e. The van der Waals surface area contributed by atoms with Crippen molar-refractivity contribution in [2.45, 2.75) is 13.8 Å². The normalized spacial score (nSPS) is 14.5. The Bertz CT molecular complexity index is 894. The lowest BCUT2D eigenvalue weighted by atomic mass is 9.98. The first-order valence-corrected chi connectivity index (χ1v) is 6.84. The van der Waals surface area contributed by atoms with E-state index in [1.54, 1.807) is 44.2 Å². The second-order valence-corrected chi connectivity index (χ2v) is 4.94. The van der Waals surface area contributed by atoms with E-state index in [2.05, 4.69) is 5.32 Å². The number of amides is 1. The van der Waals surface area contributed by atoms with Crippen LogP contribution in [0.5, 0.6) is 0 Å². The van der Waals surface area contributed by atoms with Crippen LogP contribution >= 0.6 is 0 Å². The maximum atomic E-state index is 12.7. The van der Waals surface area contributed by atoms with Crippen LogP contribution in [0.25, 0.3) is 6.08 Å². The lowest BCUT2D eigenvalue weighted by Crippen LogP contribution is -2.23. The summed E-state index contributed by atoms with van der Waals surface area (Å²) in [6, 6.07) is 6.00. The zero-order valence-electron chi connectivity index (χ0n) is 17.4. The van der Waals surface area contributed by atoms with E-state index in [4.69, 9.17) is 6.85 Å². The standard InChI is InChI=1S/C19H19NO2/c1-14(2)18(21)17(13-15-9-5-3-6-10-15)19(22)20-16-11-7-4-8-12-16/h3-14H,1-2H3,(H,20,22)/i3D,5D,6D,9D,10D. The molecule has 0 heterocycles. The minimum absolute atomic E-state index is 0.201. The maximum absolute atomic E-state index is 12.7. The molecule has 0 bridgehead atoms. The topological polar surface area (TPSA) is 46.2 Å². The molecular weight excluding hydrogens is 274 g/mol. The lowest BCUT2D eigenvalue weighted by molar-refractivity contribution is -0.121. The molecule has 1 N–H and O–H groups in total. The third-order valence-electron chi connectivity index (χ3n) is 2.87. The van der Waals surface area contributed by atoms with E-state index in [1.807, 2.05) is 0 Å². The van der Waals surface area contributed by atoms with Crippen LogP contribution in [-0.4, -0.2) is 11.7 Å². The van der Waals surface area contributed by atoms with Crippen molar-refractivity contribution in [3.63, 3.8) is 0 Å². The molecule has 22 heavy (non-hydrogen) atoms. The Kier molecular flexibility index (Phi) is 3.39. The van der Waals surface area contributed by atoms with E-state index in [0.29, 0.717) is 5.69 Å². The van der Waals surface area contributed by atoms with E-state index in [1.165, 1.54) is 0 Å². The Labute approximate surface area is 137 Å². The zero-order valence-corrected chi connectivity index (χ0v) is 12.4. The highest BCUT2D eigenvalue weighted by Gasteiger charge is 2.21. The number of anilines is 1. The second-order valence-electron chi connectivity index (χ2n) is 4.94. The van der Waals surface area contributed by atoms with Gasteiger partial charge in [-0.05, 0) is 23.8 Å². The van der Waals surface area contributed by atoms with Gasteiger partial charge in [-0.1, -0.05) is 62.3 Å². The Balaban J connectivity index is 2.59. The number of carbonyl (C=O) groups excluding carboxylic acids is 2. The summed E-state index contributed by atoms with van der Waals surface area (Å²) in [5.74, 6) is -1.70. The van der Waals surface area contributed by atoms with Gasteiger partial charge >= 0.3 is 0 Å². The number of carbonyl (C=O) groups is 2. The number of hydrogen-bond acceptors (Lipinski definition) is 2. The van der Waals surface area contributed by atoms with Gasteiger partial charge in [0, 0.05) is 11.6 Å². The Morgan fingerprint density at radius 1 is 1.09 bits per heavy atom. The van der Waals surface area contributed by atoms with Crippen LogP contribution in [0.1, 0.15) is 26.3 Å². The zero-order chi connectivity index (χ0) is 20.3. The fourth-order valence-electron chi connectivity index (χ4n) is 1.76. The molecular formula is C19H19NO2. The van der Waals surface area contributed by atoms with E-state index in [0.717, 1.165) is 6.08 Å². The predicted octanol–water partition coefficient (Wildman–Crippen LogP) is 3.93. The van der Waals surface area contributed by atoms with Gasteiger partial charge in [-0.2, -0.15) is 0 Å². The number of ketones is 1. The molecule has 1 amide bonds. The van der Waals surface area contributed by atoms with Crippen molar-refractivity contribution < 1.29 is 16.4 Å². The summed E-state index contributed by atoms with van der Waals surface area (Å²) >= 11 is 0. The molecule has 0 aliphatic carbocycles. The lowest BCUT2D eigenvalue weighted by Gasteiger charge is -2.10. The van der Waals surface area contributed by atoms with Gasteiger partial charge in [-0.25, -0.2) is 0 Å². The summed E-state index contributed by atoms with van der Waals surface area (Å²) < 4.78 is 39.1. The highest BCUT2D eigenvalue weighted by molar-refractivity contribution is 6.26. The van der Waals surface area contributed by atoms with Crippen molar-refractivity contribution in [2.75, 3.05) is 5.32 Å². The van der Waals surface area contributed by atoms with E-state index >= 15 is 0 Å². The van der Waals surface area contributed by atoms with Crippen LogP contribution < -0.4 is 5.32 Å². The largest absolute Gasteiger partial charge is 0.322 e. The average molecular weight is 298 g/mol. The van der Waals surface area contributed by atoms with Crippen molar-refractivity contribution in [3.05, 3.63) is 71.7 Å². The van der Waals surface area contributed by atoms with E-state index in [9.17, 15) is 9.59 Å². The summed E-state index contributed by atoms with van der Waals surface area (Å²) in [7, 11) is 0. The molecule has 2 aromatic carbocycles. The Hall–Kier alpha value is -2.68. The van der Waals surface area contributed by atoms with Crippen LogP contribution in [0, 0.1) is 5.92 Å². The molecule has 0 spiro atoms. The van der Waals surface area contributed by atoms with Gasteiger partial charge in [0.2, 0.25) is 0 Å². The molecule has 3 nitrogen and oxygen atoms in total. The maximum Gasteiger partial charge on any atom is 0.259 e. The molecule has 0 aromatic heterocycles. The third-order valence-corrected chi connectivity index (χ3v) is 2.87. The Morgan fingerprint density at radius 3 is 2.32 bits per heavy atom. The molecule has 2 aromatic rings. The number of benzene rings is 2. The predicted molar refractivity (Wildman–Crippen MR) is 89.3 cm³/mol. The SMILES string of the molecule is [2H]c1c([2H])c([2H])c(C=C(C(=O)Nc2ccccc2)C(=O)C(C)C)c([2H])c1[2H]. The summed E-state index contributed by atoms with van der Waals surface area (Å²) in [5.41, 5.74) is 0.00612. The quantitative estimate of drug-likeness (QED) is 0.516. The van der Waals surface area contributed by atoms with Crippen molar-refractivity contribution in [2.24, 2.45) is 5.92 Å². The first-order chi connectivity index (χ1) is 12.6. The van der Waals surface area contributed by atoms with Gasteiger partial charge in [0.25, 0.3) is 5.91 Å². The summed E-state index contributed by atoms with van der Waals surface area (Å²) in [5, 5.41) is 2.60. The molecule has 3 heteroatoms. The summed E-state index contributed by atoms with van der Waals surface area (Å²) in [6.45, 7) is 3.24. The first kappa shape index (κ1) is 10.1. The van der Waals surface area contributed by atoms with Crippen LogP contribution in [0.3, 0.4) is 0 Å². The number of para-hydroxylation sites is 1. The van der Waals surface area contributed by atoms with Gasteiger partial charge in [0.15, 0.2) is 5.78 Å². The molecule has 0 aliphatic heterocycles. The van der Waals surface area contributed by atoms with Crippen LogP contribution in [-0.2, 0) is 9.59 Å². The molecule has 0 radical (unpaired) electrons. The number of Topliss-reactive ketones (excluding diaryl/α,β-unsaturated/α-hetero) is 1. The highest BCUT2D eigenvalue weighted by atomic mass is 16.2. The molecule has 0 atom stereocenters. The van der Waals surface area contributed by atoms with Crippen molar-refractivity contribution in [1.29, 1.82) is 0 Å². The van der Waals surface area contributed by atoms with Crippen LogP contribution in [0.2, 0.25) is 0 Å². The summed E-state index contributed by atoms with van der Waals surface area (Å²) in [6.07, 6.45) is 1.07. The highest BCUT2D eigenvalue weighted by Crippen LogP contribution is 2.15. The fourth-order valence-corrected chi connectivity index (χ4v) is 1.76. The minimum atomic E-state index is -0.702. The van der Waals surface area contributed by atoms with Crippen molar-refractivity contribution in [1.82, 2.24) is 0 Å². The van der Waals surface area contributed by atoms with Gasteiger partial charge in [0.1, 0.15) is 0 Å². The van der Waals surface area contributed by atoms with Crippen molar-refractivity contribution in [3.8, 4) is 0 Å². The van der Waals surface area contributed by atoms with Gasteiger partial charge in [0.05, 0.1) is 12.4 Å². The number of nitrogens with one attached hydrogen (secondary N) is 1. The van der Waals surface area contributed by atoms with E-state index in [-0.39, 0.29) is 11.1 Å². The number of rotatable bonds is 5. The number of hydrogen-bond donors (Lipinski definition) is 1. The van der Waals surface area contributed by atoms with E-state index < -0.39 is 47.8 Å². The first-order valence-electron chi connectivity index (χ1n) is 9.34. The molecule has 0 saturated carbocycles.